The van der Waals surface area contributed by atoms with Gasteiger partial charge in [0.1, 0.15) is 35.6 Å². The van der Waals surface area contributed by atoms with Crippen LogP contribution < -0.4 is 0 Å². The smallest absolute Gasteiger partial charge is 0.314 e. The van der Waals surface area contributed by atoms with Crippen molar-refractivity contribution in [3.63, 3.8) is 0 Å². The molecule has 3 heterocycles. The minimum Gasteiger partial charge on any atom is -0.459 e. The second-order valence-corrected chi connectivity index (χ2v) is 16.5. The second-order valence-electron chi connectivity index (χ2n) is 16.5. The zero-order chi connectivity index (χ0) is 39.7. The number of cyclic esters (lactones) is 1. The fourth-order valence-corrected chi connectivity index (χ4v) is 8.46. The molecule has 3 saturated heterocycles. The van der Waals surface area contributed by atoms with Gasteiger partial charge < -0.3 is 64.0 Å². The number of Topliss-reactive ketones (excluding diaryl/α,β-unsaturated/α-hetero) is 1. The van der Waals surface area contributed by atoms with E-state index in [2.05, 4.69) is 0 Å². The van der Waals surface area contributed by atoms with E-state index >= 15 is 0 Å². The standard InChI is InChI=1S/C37H67NO14/c1-13-25-37(9,46)30(42)20(4)27(40)18(2)15-35(7,45)32(52-34-28(41)24(38(10)11)14-19(3)48-34)21(5)29(23(17-39)33(44)50-25)51-26-16-36(8,47-12)31(43)22(6)49-26/h18-26,28-32,34,39,41-43,45-46H,13-17H2,1-12H3/t18-,19-,20+,21+,22+,23-,24+,25?,26+,28-,29?,30-,31+,32-,34+,35-,36-,37-/m1/s1. The quantitative estimate of drug-likeness (QED) is 0.189. The summed E-state index contributed by atoms with van der Waals surface area (Å²) in [6.07, 6.45) is -10.8. The van der Waals surface area contributed by atoms with Gasteiger partial charge in [0.25, 0.3) is 0 Å². The molecule has 304 valence electrons. The van der Waals surface area contributed by atoms with Crippen LogP contribution in [-0.2, 0) is 38.0 Å². The minimum absolute atomic E-state index is 0.0156. The molecule has 0 aromatic rings. The van der Waals surface area contributed by atoms with Crippen LogP contribution in [0.15, 0.2) is 0 Å². The van der Waals surface area contributed by atoms with Crippen LogP contribution in [0.3, 0.4) is 0 Å². The topological polar surface area (TPSA) is 214 Å². The molecule has 2 unspecified atom stereocenters. The molecule has 0 spiro atoms. The summed E-state index contributed by atoms with van der Waals surface area (Å²) in [4.78, 5) is 29.8. The molecule has 0 amide bonds. The fourth-order valence-electron chi connectivity index (χ4n) is 8.46. The van der Waals surface area contributed by atoms with E-state index in [-0.39, 0.29) is 31.4 Å². The summed E-state index contributed by atoms with van der Waals surface area (Å²) in [7, 11) is 5.10. The molecule has 3 aliphatic heterocycles. The van der Waals surface area contributed by atoms with Gasteiger partial charge in [-0.1, -0.05) is 27.7 Å². The van der Waals surface area contributed by atoms with Gasteiger partial charge in [-0.25, -0.2) is 0 Å². The van der Waals surface area contributed by atoms with E-state index in [1.165, 1.54) is 27.9 Å². The van der Waals surface area contributed by atoms with Crippen molar-refractivity contribution >= 4 is 11.8 Å². The lowest BCUT2D eigenvalue weighted by atomic mass is 9.74. The summed E-state index contributed by atoms with van der Waals surface area (Å²) in [5, 5.41) is 68.5. The molecule has 3 fully saturated rings. The molecule has 15 nitrogen and oxygen atoms in total. The van der Waals surface area contributed by atoms with Crippen LogP contribution in [0.25, 0.3) is 0 Å². The third-order valence-corrected chi connectivity index (χ3v) is 11.9. The number of nitrogens with zero attached hydrogens (tertiary/aromatic N) is 1. The van der Waals surface area contributed by atoms with Crippen molar-refractivity contribution in [2.75, 3.05) is 27.8 Å². The number of carbonyl (C=O) groups is 2. The Morgan fingerprint density at radius 2 is 1.54 bits per heavy atom. The van der Waals surface area contributed by atoms with Gasteiger partial charge in [-0.05, 0) is 68.0 Å². The zero-order valence-corrected chi connectivity index (χ0v) is 33.1. The Bertz CT molecular complexity index is 1190. The lowest BCUT2D eigenvalue weighted by Crippen LogP contribution is -2.61. The number of aliphatic hydroxyl groups excluding tert-OH is 4. The summed E-state index contributed by atoms with van der Waals surface area (Å²) in [6.45, 7) is 13.5. The Balaban J connectivity index is 2.22. The first-order chi connectivity index (χ1) is 24.0. The van der Waals surface area contributed by atoms with Crippen LogP contribution in [-0.4, -0.2) is 159 Å². The predicted molar refractivity (Wildman–Crippen MR) is 188 cm³/mol. The lowest BCUT2D eigenvalue weighted by Gasteiger charge is -2.49. The van der Waals surface area contributed by atoms with Gasteiger partial charge in [0.15, 0.2) is 12.6 Å². The number of methoxy groups -OCH3 is 1. The normalized spacial score (nSPS) is 49.0. The Kier molecular flexibility index (Phi) is 15.3. The Morgan fingerprint density at radius 1 is 0.923 bits per heavy atom. The second kappa shape index (κ2) is 17.6. The van der Waals surface area contributed by atoms with Crippen LogP contribution in [0.4, 0.5) is 0 Å². The van der Waals surface area contributed by atoms with Crippen LogP contribution in [0, 0.1) is 23.7 Å². The number of esters is 1. The fraction of sp³-hybridized carbons (Fsp3) is 0.946. The summed E-state index contributed by atoms with van der Waals surface area (Å²) in [5.74, 6) is -5.88. The number of hydrogen-bond donors (Lipinski definition) is 6. The molecule has 0 saturated carbocycles. The maximum absolute atomic E-state index is 14.1. The van der Waals surface area contributed by atoms with Gasteiger partial charge >= 0.3 is 5.97 Å². The molecule has 6 N–H and O–H groups in total. The van der Waals surface area contributed by atoms with Crippen molar-refractivity contribution in [1.82, 2.24) is 4.90 Å². The summed E-state index contributed by atoms with van der Waals surface area (Å²) in [5.41, 5.74) is -5.07. The SMILES string of the molecule is CCC1OC(=O)[C@H](CO)C(O[C@H]2C[C@@](C)(OC)[C@@H](O)[C@H](C)O2)[C@H](C)[C@@H](O[C@@H]2O[C@H](C)C[C@H](N(C)C)[C@H]2O)[C@](C)(O)C[C@@H](C)C(=O)[C@H](C)[C@@H](O)[C@]1(C)O. The Hall–Kier alpha value is -1.34. The maximum Gasteiger partial charge on any atom is 0.314 e. The maximum atomic E-state index is 14.1. The van der Waals surface area contributed by atoms with Crippen LogP contribution in [0.1, 0.15) is 88.0 Å². The number of likely N-dealkylation sites (N-methyl/N-ethyl adjacent to an activating group) is 1. The highest BCUT2D eigenvalue weighted by atomic mass is 16.7. The average Bonchev–Trinajstić information content (AvgIpc) is 3.07. The largest absolute Gasteiger partial charge is 0.459 e. The van der Waals surface area contributed by atoms with E-state index in [0.29, 0.717) is 6.42 Å². The highest BCUT2D eigenvalue weighted by molar-refractivity contribution is 5.83. The summed E-state index contributed by atoms with van der Waals surface area (Å²) in [6, 6.07) is -0.364. The molecule has 0 aromatic carbocycles. The average molecular weight is 750 g/mol. The number of aliphatic hydroxyl groups is 6. The van der Waals surface area contributed by atoms with Crippen molar-refractivity contribution in [3.8, 4) is 0 Å². The summed E-state index contributed by atoms with van der Waals surface area (Å²) < 4.78 is 36.8. The molecule has 0 radical (unpaired) electrons. The lowest BCUT2D eigenvalue weighted by molar-refractivity contribution is -0.319. The van der Waals surface area contributed by atoms with E-state index < -0.39 is 114 Å². The van der Waals surface area contributed by atoms with Crippen molar-refractivity contribution in [2.24, 2.45) is 23.7 Å². The monoisotopic (exact) mass is 749 g/mol. The first-order valence-corrected chi connectivity index (χ1v) is 18.6. The molecule has 3 rings (SSSR count). The van der Waals surface area contributed by atoms with Crippen LogP contribution in [0.2, 0.25) is 0 Å². The highest BCUT2D eigenvalue weighted by Gasteiger charge is 2.54. The van der Waals surface area contributed by atoms with Gasteiger partial charge in [-0.2, -0.15) is 0 Å². The van der Waals surface area contributed by atoms with Gasteiger partial charge in [-0.3, -0.25) is 9.59 Å². The third kappa shape index (κ3) is 9.54. The predicted octanol–water partition coefficient (Wildman–Crippen LogP) is 0.758. The van der Waals surface area contributed by atoms with E-state index in [4.69, 9.17) is 28.4 Å². The minimum atomic E-state index is -2.08. The van der Waals surface area contributed by atoms with Gasteiger partial charge in [0.2, 0.25) is 0 Å². The number of rotatable bonds is 8. The van der Waals surface area contributed by atoms with Gasteiger partial charge in [0, 0.05) is 37.3 Å². The van der Waals surface area contributed by atoms with Crippen LogP contribution in [0.5, 0.6) is 0 Å². The molecule has 15 heteroatoms. The Labute approximate surface area is 308 Å². The van der Waals surface area contributed by atoms with Crippen molar-refractivity contribution in [2.45, 2.75) is 172 Å². The zero-order valence-electron chi connectivity index (χ0n) is 33.1. The van der Waals surface area contributed by atoms with Gasteiger partial charge in [-0.15, -0.1) is 0 Å². The first kappa shape index (κ1) is 45.1. The molecule has 0 aliphatic carbocycles. The molecular formula is C37H67NO14. The van der Waals surface area contributed by atoms with Gasteiger partial charge in [0.05, 0.1) is 48.3 Å². The summed E-state index contributed by atoms with van der Waals surface area (Å²) >= 11 is 0. The number of carbonyl (C=O) groups excluding carboxylic acids is 2. The molecule has 18 atom stereocenters. The van der Waals surface area contributed by atoms with Crippen LogP contribution >= 0.6 is 0 Å². The van der Waals surface area contributed by atoms with E-state index in [1.54, 1.807) is 34.6 Å². The van der Waals surface area contributed by atoms with E-state index in [9.17, 15) is 40.2 Å². The first-order valence-electron chi connectivity index (χ1n) is 18.6. The van der Waals surface area contributed by atoms with Crippen molar-refractivity contribution < 1.29 is 68.6 Å². The van der Waals surface area contributed by atoms with Crippen molar-refractivity contribution in [3.05, 3.63) is 0 Å². The van der Waals surface area contributed by atoms with E-state index in [0.717, 1.165) is 0 Å². The molecule has 52 heavy (non-hydrogen) atoms. The third-order valence-electron chi connectivity index (χ3n) is 11.9. The molecule has 0 aromatic heterocycles. The number of ether oxygens (including phenoxy) is 6. The van der Waals surface area contributed by atoms with Crippen molar-refractivity contribution in [1.29, 1.82) is 0 Å². The molecular weight excluding hydrogens is 682 g/mol. The van der Waals surface area contributed by atoms with E-state index in [1.807, 2.05) is 25.9 Å². The molecule has 0 bridgehead atoms. The number of hydrogen-bond acceptors (Lipinski definition) is 15. The highest BCUT2D eigenvalue weighted by Crippen LogP contribution is 2.40. The molecule has 3 aliphatic rings. The number of ketones is 1. The Morgan fingerprint density at radius 3 is 2.08 bits per heavy atom.